The van der Waals surface area contributed by atoms with E-state index in [1.807, 2.05) is 23.6 Å². The van der Waals surface area contributed by atoms with Gasteiger partial charge >= 0.3 is 0 Å². The Kier molecular flexibility index (Phi) is 5.51. The summed E-state index contributed by atoms with van der Waals surface area (Å²) in [5.74, 6) is 1.44. The molecule has 3 aromatic rings. The Balaban J connectivity index is 1.45. The molecule has 2 saturated heterocycles. The normalized spacial score (nSPS) is 22.7. The van der Waals surface area contributed by atoms with Crippen LogP contribution in [0.25, 0.3) is 5.52 Å². The van der Waals surface area contributed by atoms with Crippen molar-refractivity contribution < 1.29 is 4.74 Å². The van der Waals surface area contributed by atoms with Crippen LogP contribution in [-0.4, -0.2) is 51.6 Å². The van der Waals surface area contributed by atoms with Gasteiger partial charge in [0.25, 0.3) is 0 Å². The molecule has 0 radical (unpaired) electrons. The average Bonchev–Trinajstić information content (AvgIpc) is 3.39. The second-order valence-electron chi connectivity index (χ2n) is 8.62. The third-order valence-electron chi connectivity index (χ3n) is 6.82. The highest BCUT2D eigenvalue weighted by molar-refractivity contribution is 7.99. The van der Waals surface area contributed by atoms with E-state index in [0.717, 1.165) is 59.5 Å². The fourth-order valence-electron chi connectivity index (χ4n) is 4.97. The van der Waals surface area contributed by atoms with Crippen LogP contribution in [0.2, 0.25) is 5.02 Å². The molecule has 1 spiro atoms. The van der Waals surface area contributed by atoms with Gasteiger partial charge in [-0.25, -0.2) is 14.5 Å². The van der Waals surface area contributed by atoms with Gasteiger partial charge in [-0.15, -0.1) is 0 Å². The van der Waals surface area contributed by atoms with E-state index in [9.17, 15) is 0 Å². The number of nitrogens with two attached hydrogens (primary N) is 1. The predicted molar refractivity (Wildman–Crippen MR) is 127 cm³/mol. The summed E-state index contributed by atoms with van der Waals surface area (Å²) in [5.41, 5.74) is 7.79. The Hall–Kier alpha value is -2.36. The molecule has 0 aliphatic carbocycles. The highest BCUT2D eigenvalue weighted by atomic mass is 35.5. The molecule has 8 nitrogen and oxygen atoms in total. The van der Waals surface area contributed by atoms with Crippen molar-refractivity contribution in [3.05, 3.63) is 35.2 Å². The largest absolute Gasteiger partial charge is 0.382 e. The minimum Gasteiger partial charge on any atom is -0.382 e. The van der Waals surface area contributed by atoms with E-state index in [2.05, 4.69) is 21.9 Å². The molecule has 0 aromatic carbocycles. The van der Waals surface area contributed by atoms with Crippen LogP contribution in [0.4, 0.5) is 11.6 Å². The van der Waals surface area contributed by atoms with E-state index < -0.39 is 0 Å². The minimum atomic E-state index is 0.0665. The van der Waals surface area contributed by atoms with Crippen LogP contribution in [-0.2, 0) is 4.74 Å². The Morgan fingerprint density at radius 3 is 2.84 bits per heavy atom. The topological polar surface area (TPSA) is 105 Å². The maximum atomic E-state index is 7.90. The minimum absolute atomic E-state index is 0.0665. The molecule has 10 heteroatoms. The fourth-order valence-corrected chi connectivity index (χ4v) is 6.16. The van der Waals surface area contributed by atoms with Crippen molar-refractivity contribution in [3.8, 4) is 0 Å². The summed E-state index contributed by atoms with van der Waals surface area (Å²) in [6.07, 6.45) is 7.14. The Morgan fingerprint density at radius 1 is 1.31 bits per heavy atom. The van der Waals surface area contributed by atoms with Gasteiger partial charge in [0.1, 0.15) is 16.4 Å². The number of aryl methyl sites for hydroxylation is 1. The summed E-state index contributed by atoms with van der Waals surface area (Å²) in [5, 5.41) is 13.8. The molecule has 32 heavy (non-hydrogen) atoms. The zero-order valence-corrected chi connectivity index (χ0v) is 19.7. The van der Waals surface area contributed by atoms with Crippen molar-refractivity contribution in [1.29, 1.82) is 5.41 Å². The van der Waals surface area contributed by atoms with Crippen LogP contribution < -0.4 is 10.6 Å². The molecule has 0 amide bonds. The first-order valence-electron chi connectivity index (χ1n) is 10.7. The molecule has 0 saturated carbocycles. The molecule has 0 bridgehead atoms. The number of hydrogen-bond donors (Lipinski definition) is 2. The molecule has 2 fully saturated rings. The lowest BCUT2D eigenvalue weighted by Crippen LogP contribution is -2.45. The van der Waals surface area contributed by atoms with E-state index in [1.54, 1.807) is 18.6 Å². The first kappa shape index (κ1) is 21.5. The molecule has 2 atom stereocenters. The number of anilines is 2. The molecular formula is C22H26ClN7OS. The summed E-state index contributed by atoms with van der Waals surface area (Å²) >= 11 is 7.86. The van der Waals surface area contributed by atoms with E-state index in [4.69, 9.17) is 32.5 Å². The number of ether oxygens (including phenoxy) is 1. The number of aromatic nitrogens is 4. The van der Waals surface area contributed by atoms with Crippen molar-refractivity contribution in [3.63, 3.8) is 0 Å². The first-order valence-corrected chi connectivity index (χ1v) is 11.9. The molecule has 168 valence electrons. The van der Waals surface area contributed by atoms with Crippen LogP contribution in [0.3, 0.4) is 0 Å². The Morgan fingerprint density at radius 2 is 2.09 bits per heavy atom. The summed E-state index contributed by atoms with van der Waals surface area (Å²) in [7, 11) is 0. The number of nitrogens with zero attached hydrogens (tertiary/aromatic N) is 5. The van der Waals surface area contributed by atoms with Crippen LogP contribution in [0.15, 0.2) is 34.4 Å². The molecule has 3 aromatic heterocycles. The van der Waals surface area contributed by atoms with Crippen molar-refractivity contribution >= 4 is 46.7 Å². The lowest BCUT2D eigenvalue weighted by atomic mass is 9.69. The number of rotatable bonds is 4. The Labute approximate surface area is 196 Å². The number of piperidine rings is 1. The second-order valence-corrected chi connectivity index (χ2v) is 10.0. The van der Waals surface area contributed by atoms with Gasteiger partial charge in [0.05, 0.1) is 29.6 Å². The van der Waals surface area contributed by atoms with Crippen LogP contribution >= 0.6 is 23.4 Å². The quantitative estimate of drug-likeness (QED) is 0.552. The summed E-state index contributed by atoms with van der Waals surface area (Å²) in [6.45, 7) is 6.58. The third kappa shape index (κ3) is 3.43. The van der Waals surface area contributed by atoms with Crippen molar-refractivity contribution in [2.75, 3.05) is 30.3 Å². The van der Waals surface area contributed by atoms with Gasteiger partial charge in [-0.3, -0.25) is 0 Å². The summed E-state index contributed by atoms with van der Waals surface area (Å²) in [4.78, 5) is 12.2. The smallest absolute Gasteiger partial charge is 0.155 e. The lowest BCUT2D eigenvalue weighted by molar-refractivity contribution is 0.0973. The third-order valence-corrected chi connectivity index (χ3v) is 8.55. The van der Waals surface area contributed by atoms with Gasteiger partial charge in [0.15, 0.2) is 5.82 Å². The van der Waals surface area contributed by atoms with Gasteiger partial charge in [0, 0.05) is 41.7 Å². The van der Waals surface area contributed by atoms with E-state index in [-0.39, 0.29) is 17.4 Å². The van der Waals surface area contributed by atoms with Crippen LogP contribution in [0.5, 0.6) is 0 Å². The maximum absolute atomic E-state index is 7.90. The standard InChI is InChI=1S/C22H26ClN7OS/c1-13-21(32-17-4-7-26-19(25)18(17)23)30-16(3-8-27-30)20(28-13)29-9-5-22(6-10-29)12-31-14(2)15(22)11-24/h3-4,7-8,11,14-15,24H,5-6,9-10,12H2,1-2H3,(H2,25,26)/t14-,15+/m0/s1. The predicted octanol–water partition coefficient (Wildman–Crippen LogP) is 4.09. The molecule has 2 aliphatic heterocycles. The van der Waals surface area contributed by atoms with E-state index in [1.165, 1.54) is 11.8 Å². The van der Waals surface area contributed by atoms with Gasteiger partial charge < -0.3 is 20.8 Å². The fraction of sp³-hybridized carbons (Fsp3) is 0.455. The molecule has 5 heterocycles. The monoisotopic (exact) mass is 471 g/mol. The summed E-state index contributed by atoms with van der Waals surface area (Å²) in [6, 6.07) is 3.85. The number of nitrogens with one attached hydrogen (secondary N) is 1. The number of halogens is 1. The number of hydrogen-bond acceptors (Lipinski definition) is 8. The van der Waals surface area contributed by atoms with Gasteiger partial charge in [-0.05, 0) is 38.8 Å². The second kappa shape index (κ2) is 8.20. The first-order chi connectivity index (χ1) is 15.4. The highest BCUT2D eigenvalue weighted by Crippen LogP contribution is 2.46. The van der Waals surface area contributed by atoms with Crippen LogP contribution in [0, 0.1) is 23.7 Å². The molecule has 0 unspecified atom stereocenters. The van der Waals surface area contributed by atoms with Gasteiger partial charge in [0.2, 0.25) is 0 Å². The van der Waals surface area contributed by atoms with E-state index in [0.29, 0.717) is 10.8 Å². The molecule has 5 rings (SSSR count). The average molecular weight is 472 g/mol. The van der Waals surface area contributed by atoms with E-state index >= 15 is 0 Å². The maximum Gasteiger partial charge on any atom is 0.155 e. The zero-order valence-electron chi connectivity index (χ0n) is 18.1. The zero-order chi connectivity index (χ0) is 22.5. The number of nitrogen functional groups attached to an aromatic ring is 1. The SMILES string of the molecule is Cc1nc(N2CCC3(CC2)CO[C@@H](C)[C@H]3C=N)c2ccnn2c1Sc1ccnc(N)c1Cl. The lowest BCUT2D eigenvalue weighted by Gasteiger charge is -2.42. The number of fused-ring (bicyclic) bond motifs is 1. The molecule has 2 aliphatic rings. The summed E-state index contributed by atoms with van der Waals surface area (Å²) < 4.78 is 7.86. The molecule has 3 N–H and O–H groups in total. The van der Waals surface area contributed by atoms with Gasteiger partial charge in [-0.1, -0.05) is 23.4 Å². The van der Waals surface area contributed by atoms with Gasteiger partial charge in [-0.2, -0.15) is 5.10 Å². The highest BCUT2D eigenvalue weighted by Gasteiger charge is 2.48. The van der Waals surface area contributed by atoms with Crippen molar-refractivity contribution in [1.82, 2.24) is 19.6 Å². The molecular weight excluding hydrogens is 446 g/mol. The number of pyridine rings is 1. The van der Waals surface area contributed by atoms with Crippen molar-refractivity contribution in [2.45, 2.75) is 42.7 Å². The van der Waals surface area contributed by atoms with Crippen LogP contribution in [0.1, 0.15) is 25.5 Å². The van der Waals surface area contributed by atoms with Crippen molar-refractivity contribution in [2.24, 2.45) is 11.3 Å². The Bertz CT molecular complexity index is 1170.